The predicted octanol–water partition coefficient (Wildman–Crippen LogP) is 3.81. The van der Waals surface area contributed by atoms with Crippen molar-refractivity contribution in [2.24, 2.45) is 0 Å². The van der Waals surface area contributed by atoms with Crippen molar-refractivity contribution in [2.75, 3.05) is 26.1 Å². The van der Waals surface area contributed by atoms with Crippen LogP contribution >= 0.6 is 0 Å². The number of methoxy groups -OCH3 is 2. The van der Waals surface area contributed by atoms with Crippen molar-refractivity contribution >= 4 is 11.9 Å². The number of rotatable bonds is 6. The Kier molecular flexibility index (Phi) is 5.62. The summed E-state index contributed by atoms with van der Waals surface area (Å²) < 4.78 is 17.9. The standard InChI is InChI=1S/C23H24N4O4/c1-5-31-22(28)19-14(2)24-23-25-21(15-9-7-6-8-10-15)26-27(23)20(19)16-11-12-17(29-3)18(13-16)30-4/h6-13,20H,5H2,1-4H3,(H,24,25,26). The number of hydrogen-bond acceptors (Lipinski definition) is 7. The summed E-state index contributed by atoms with van der Waals surface area (Å²) in [7, 11) is 3.16. The SMILES string of the molecule is CCOC(=O)C1=C(C)Nc2nc(-c3ccccc3)nn2C1c1ccc(OC)c(OC)c1. The Bertz CT molecular complexity index is 1140. The molecule has 0 bridgehead atoms. The van der Waals surface area contributed by atoms with Crippen LogP contribution in [0.25, 0.3) is 11.4 Å². The highest BCUT2D eigenvalue weighted by Gasteiger charge is 2.35. The van der Waals surface area contributed by atoms with Crippen LogP contribution in [0.1, 0.15) is 25.5 Å². The van der Waals surface area contributed by atoms with E-state index in [1.807, 2.05) is 55.5 Å². The number of benzene rings is 2. The molecule has 160 valence electrons. The number of aromatic nitrogens is 3. The molecule has 0 fully saturated rings. The number of esters is 1. The van der Waals surface area contributed by atoms with Gasteiger partial charge < -0.3 is 19.5 Å². The molecule has 1 aromatic heterocycles. The van der Waals surface area contributed by atoms with Crippen molar-refractivity contribution in [3.05, 3.63) is 65.4 Å². The quantitative estimate of drug-likeness (QED) is 0.607. The fraction of sp³-hybridized carbons (Fsp3) is 0.261. The van der Waals surface area contributed by atoms with Crippen molar-refractivity contribution in [3.63, 3.8) is 0 Å². The van der Waals surface area contributed by atoms with Gasteiger partial charge in [-0.1, -0.05) is 36.4 Å². The van der Waals surface area contributed by atoms with E-state index in [1.54, 1.807) is 25.8 Å². The lowest BCUT2D eigenvalue weighted by Gasteiger charge is -2.28. The number of fused-ring (bicyclic) bond motifs is 1. The minimum Gasteiger partial charge on any atom is -0.493 e. The summed E-state index contributed by atoms with van der Waals surface area (Å²) in [6.07, 6.45) is 0. The third-order valence-corrected chi connectivity index (χ3v) is 5.10. The van der Waals surface area contributed by atoms with E-state index >= 15 is 0 Å². The van der Waals surface area contributed by atoms with Gasteiger partial charge in [0.2, 0.25) is 5.95 Å². The highest BCUT2D eigenvalue weighted by Crippen LogP contribution is 2.39. The number of allylic oxidation sites excluding steroid dienone is 1. The first-order valence-electron chi connectivity index (χ1n) is 9.96. The van der Waals surface area contributed by atoms with E-state index < -0.39 is 12.0 Å². The van der Waals surface area contributed by atoms with Gasteiger partial charge in [-0.25, -0.2) is 9.48 Å². The lowest BCUT2D eigenvalue weighted by molar-refractivity contribution is -0.139. The summed E-state index contributed by atoms with van der Waals surface area (Å²) in [6, 6.07) is 14.7. The third-order valence-electron chi connectivity index (χ3n) is 5.10. The second-order valence-corrected chi connectivity index (χ2v) is 6.97. The molecule has 2 aromatic carbocycles. The molecule has 0 saturated heterocycles. The molecule has 8 heteroatoms. The van der Waals surface area contributed by atoms with Crippen molar-refractivity contribution in [1.29, 1.82) is 0 Å². The molecule has 4 rings (SSSR count). The Morgan fingerprint density at radius 1 is 1.10 bits per heavy atom. The van der Waals surface area contributed by atoms with Gasteiger partial charge in [0.25, 0.3) is 0 Å². The van der Waals surface area contributed by atoms with Crippen molar-refractivity contribution in [3.8, 4) is 22.9 Å². The molecule has 8 nitrogen and oxygen atoms in total. The monoisotopic (exact) mass is 420 g/mol. The Morgan fingerprint density at radius 2 is 1.84 bits per heavy atom. The second kappa shape index (κ2) is 8.51. The summed E-state index contributed by atoms with van der Waals surface area (Å²) in [6.45, 7) is 3.89. The molecule has 1 atom stereocenters. The van der Waals surface area contributed by atoms with Crippen LogP contribution in [-0.4, -0.2) is 41.6 Å². The van der Waals surface area contributed by atoms with Gasteiger partial charge in [0.05, 0.1) is 26.4 Å². The average Bonchev–Trinajstić information content (AvgIpc) is 3.22. The zero-order valence-corrected chi connectivity index (χ0v) is 17.9. The first-order valence-corrected chi connectivity index (χ1v) is 9.96. The van der Waals surface area contributed by atoms with E-state index in [-0.39, 0.29) is 6.61 Å². The van der Waals surface area contributed by atoms with Gasteiger partial charge in [0.15, 0.2) is 17.3 Å². The lowest BCUT2D eigenvalue weighted by atomic mass is 9.95. The van der Waals surface area contributed by atoms with Gasteiger partial charge in [-0.3, -0.25) is 0 Å². The maximum Gasteiger partial charge on any atom is 0.338 e. The molecular weight excluding hydrogens is 396 g/mol. The minimum atomic E-state index is -0.542. The maximum atomic E-state index is 12.9. The number of carbonyl (C=O) groups excluding carboxylic acids is 1. The van der Waals surface area contributed by atoms with E-state index in [1.165, 1.54) is 0 Å². The van der Waals surface area contributed by atoms with Crippen LogP contribution < -0.4 is 14.8 Å². The van der Waals surface area contributed by atoms with Crippen molar-refractivity contribution < 1.29 is 19.0 Å². The Hall–Kier alpha value is -3.81. The average molecular weight is 420 g/mol. The zero-order chi connectivity index (χ0) is 22.0. The summed E-state index contributed by atoms with van der Waals surface area (Å²) >= 11 is 0. The van der Waals surface area contributed by atoms with Crippen LogP contribution in [0.4, 0.5) is 5.95 Å². The van der Waals surface area contributed by atoms with Gasteiger partial charge in [-0.2, -0.15) is 4.98 Å². The molecule has 3 aromatic rings. The Morgan fingerprint density at radius 3 is 2.52 bits per heavy atom. The Labute approximate surface area is 180 Å². The molecule has 0 spiro atoms. The number of ether oxygens (including phenoxy) is 3. The molecular formula is C23H24N4O4. The van der Waals surface area contributed by atoms with Crippen LogP contribution in [0.15, 0.2) is 59.8 Å². The van der Waals surface area contributed by atoms with Crippen molar-refractivity contribution in [2.45, 2.75) is 19.9 Å². The van der Waals surface area contributed by atoms with Crippen LogP contribution in [0.5, 0.6) is 11.5 Å². The van der Waals surface area contributed by atoms with E-state index in [9.17, 15) is 4.79 Å². The molecule has 1 aliphatic heterocycles. The fourth-order valence-electron chi connectivity index (χ4n) is 3.66. The molecule has 0 aliphatic carbocycles. The van der Waals surface area contributed by atoms with Gasteiger partial charge >= 0.3 is 5.97 Å². The van der Waals surface area contributed by atoms with Gasteiger partial charge in [0, 0.05) is 11.3 Å². The molecule has 2 heterocycles. The summed E-state index contributed by atoms with van der Waals surface area (Å²) in [5.74, 6) is 1.86. The minimum absolute atomic E-state index is 0.272. The van der Waals surface area contributed by atoms with Crippen LogP contribution in [0.3, 0.4) is 0 Å². The van der Waals surface area contributed by atoms with E-state index in [0.29, 0.717) is 34.5 Å². The van der Waals surface area contributed by atoms with Crippen LogP contribution in [0, 0.1) is 0 Å². The lowest BCUT2D eigenvalue weighted by Crippen LogP contribution is -2.29. The fourth-order valence-corrected chi connectivity index (χ4v) is 3.66. The topological polar surface area (TPSA) is 87.5 Å². The largest absolute Gasteiger partial charge is 0.493 e. The number of hydrogen-bond donors (Lipinski definition) is 1. The van der Waals surface area contributed by atoms with Crippen LogP contribution in [0.2, 0.25) is 0 Å². The highest BCUT2D eigenvalue weighted by molar-refractivity contribution is 5.92. The number of nitrogens with one attached hydrogen (secondary N) is 1. The van der Waals surface area contributed by atoms with E-state index in [2.05, 4.69) is 10.3 Å². The molecule has 0 amide bonds. The zero-order valence-electron chi connectivity index (χ0n) is 17.9. The molecule has 0 radical (unpaired) electrons. The summed E-state index contributed by atoms with van der Waals surface area (Å²) in [5.41, 5.74) is 2.81. The highest BCUT2D eigenvalue weighted by atomic mass is 16.5. The van der Waals surface area contributed by atoms with Gasteiger partial charge in [-0.05, 0) is 31.5 Å². The maximum absolute atomic E-state index is 12.9. The van der Waals surface area contributed by atoms with Gasteiger partial charge in [0.1, 0.15) is 6.04 Å². The van der Waals surface area contributed by atoms with E-state index in [0.717, 1.165) is 11.1 Å². The second-order valence-electron chi connectivity index (χ2n) is 6.97. The number of nitrogens with zero attached hydrogens (tertiary/aromatic N) is 3. The summed E-state index contributed by atoms with van der Waals surface area (Å²) in [5, 5.41) is 7.94. The number of anilines is 1. The number of carbonyl (C=O) groups is 1. The van der Waals surface area contributed by atoms with Crippen LogP contribution in [-0.2, 0) is 9.53 Å². The smallest absolute Gasteiger partial charge is 0.338 e. The molecule has 1 N–H and O–H groups in total. The normalized spacial score (nSPS) is 15.2. The predicted molar refractivity (Wildman–Crippen MR) is 116 cm³/mol. The first-order chi connectivity index (χ1) is 15.1. The molecule has 1 aliphatic rings. The summed E-state index contributed by atoms with van der Waals surface area (Å²) in [4.78, 5) is 17.6. The molecule has 31 heavy (non-hydrogen) atoms. The molecule has 0 saturated carbocycles. The third kappa shape index (κ3) is 3.72. The van der Waals surface area contributed by atoms with Gasteiger partial charge in [-0.15, -0.1) is 5.10 Å². The Balaban J connectivity index is 1.88. The van der Waals surface area contributed by atoms with Crippen molar-refractivity contribution in [1.82, 2.24) is 14.8 Å². The molecule has 1 unspecified atom stereocenters. The first kappa shape index (κ1) is 20.5. The van der Waals surface area contributed by atoms with E-state index in [4.69, 9.17) is 19.3 Å².